The molecular weight excluding hydrogens is 308 g/mol. The van der Waals surface area contributed by atoms with Crippen molar-refractivity contribution in [2.75, 3.05) is 21.3 Å². The number of carbonyl (C=O) groups excluding carboxylic acids is 1. The molecule has 0 radical (unpaired) electrons. The average molecular weight is 328 g/mol. The van der Waals surface area contributed by atoms with E-state index in [0.29, 0.717) is 28.4 Å². The smallest absolute Gasteiger partial charge is 0.271 e. The number of amides is 1. The molecule has 0 aliphatic rings. The largest absolute Gasteiger partial charge is 0.496 e. The summed E-state index contributed by atoms with van der Waals surface area (Å²) in [5.74, 6) is 1.38. The van der Waals surface area contributed by atoms with Crippen LogP contribution in [0, 0.1) is 6.92 Å². The van der Waals surface area contributed by atoms with E-state index in [0.717, 1.165) is 5.56 Å². The second-order valence-corrected chi connectivity index (χ2v) is 4.96. The fourth-order valence-corrected chi connectivity index (χ4v) is 2.20. The summed E-state index contributed by atoms with van der Waals surface area (Å²) in [4.78, 5) is 12.2. The van der Waals surface area contributed by atoms with Gasteiger partial charge in [-0.3, -0.25) is 4.79 Å². The molecule has 0 atom stereocenters. The third kappa shape index (κ3) is 3.84. The zero-order chi connectivity index (χ0) is 17.5. The molecule has 0 saturated carbocycles. The van der Waals surface area contributed by atoms with Crippen molar-refractivity contribution in [3.05, 3.63) is 53.1 Å². The summed E-state index contributed by atoms with van der Waals surface area (Å²) >= 11 is 0. The molecule has 0 heterocycles. The molecule has 126 valence electrons. The van der Waals surface area contributed by atoms with Crippen LogP contribution in [-0.2, 0) is 0 Å². The van der Waals surface area contributed by atoms with Crippen LogP contribution < -0.4 is 19.6 Å². The first-order chi connectivity index (χ1) is 11.6. The Morgan fingerprint density at radius 2 is 1.67 bits per heavy atom. The number of hydrazone groups is 1. The van der Waals surface area contributed by atoms with E-state index in [1.807, 2.05) is 19.1 Å². The summed E-state index contributed by atoms with van der Waals surface area (Å²) in [6, 6.07) is 10.7. The summed E-state index contributed by atoms with van der Waals surface area (Å²) in [5.41, 5.74) is 4.56. The zero-order valence-electron chi connectivity index (χ0n) is 14.1. The minimum absolute atomic E-state index is 0.282. The summed E-state index contributed by atoms with van der Waals surface area (Å²) in [6.07, 6.45) is 1.48. The maximum Gasteiger partial charge on any atom is 0.271 e. The Labute approximate surface area is 141 Å². The number of hydrogen-bond donors (Lipinski definition) is 1. The van der Waals surface area contributed by atoms with Crippen molar-refractivity contribution in [1.29, 1.82) is 0 Å². The second kappa shape index (κ2) is 8.01. The van der Waals surface area contributed by atoms with Crippen LogP contribution in [0.15, 0.2) is 41.5 Å². The molecule has 0 aliphatic heterocycles. The van der Waals surface area contributed by atoms with Gasteiger partial charge in [0.2, 0.25) is 0 Å². The van der Waals surface area contributed by atoms with Crippen LogP contribution in [0.3, 0.4) is 0 Å². The highest BCUT2D eigenvalue weighted by Crippen LogP contribution is 2.32. The molecule has 6 heteroatoms. The molecule has 0 unspecified atom stereocenters. The van der Waals surface area contributed by atoms with Gasteiger partial charge in [0.05, 0.1) is 33.1 Å². The monoisotopic (exact) mass is 328 g/mol. The Kier molecular flexibility index (Phi) is 5.78. The van der Waals surface area contributed by atoms with Crippen LogP contribution in [0.4, 0.5) is 0 Å². The van der Waals surface area contributed by atoms with Gasteiger partial charge in [-0.15, -0.1) is 0 Å². The van der Waals surface area contributed by atoms with Gasteiger partial charge in [-0.1, -0.05) is 18.2 Å². The van der Waals surface area contributed by atoms with Crippen molar-refractivity contribution < 1.29 is 19.0 Å². The first kappa shape index (κ1) is 17.3. The van der Waals surface area contributed by atoms with Crippen molar-refractivity contribution in [1.82, 2.24) is 5.43 Å². The number of nitrogens with zero attached hydrogens (tertiary/aromatic N) is 1. The fraction of sp³-hybridized carbons (Fsp3) is 0.222. The topological polar surface area (TPSA) is 69.2 Å². The van der Waals surface area contributed by atoms with Crippen molar-refractivity contribution in [3.8, 4) is 17.2 Å². The normalized spacial score (nSPS) is 10.5. The fourth-order valence-electron chi connectivity index (χ4n) is 2.20. The third-order valence-corrected chi connectivity index (χ3v) is 3.50. The van der Waals surface area contributed by atoms with Crippen LogP contribution in [0.2, 0.25) is 0 Å². The number of ether oxygens (including phenoxy) is 3. The Balaban J connectivity index is 2.23. The summed E-state index contributed by atoms with van der Waals surface area (Å²) in [5, 5.41) is 4.01. The maximum atomic E-state index is 12.2. The van der Waals surface area contributed by atoms with Gasteiger partial charge in [-0.05, 0) is 18.6 Å². The van der Waals surface area contributed by atoms with E-state index in [-0.39, 0.29) is 5.91 Å². The predicted molar refractivity (Wildman–Crippen MR) is 92.3 cm³/mol. The lowest BCUT2D eigenvalue weighted by atomic mass is 10.1. The van der Waals surface area contributed by atoms with Crippen LogP contribution in [0.5, 0.6) is 17.2 Å². The van der Waals surface area contributed by atoms with Gasteiger partial charge < -0.3 is 14.2 Å². The SMILES string of the molecule is COc1cc(OC)c(/C=N\NC(=O)c2ccccc2C)c(OC)c1. The van der Waals surface area contributed by atoms with E-state index in [1.165, 1.54) is 20.4 Å². The zero-order valence-corrected chi connectivity index (χ0v) is 14.1. The number of methoxy groups -OCH3 is 3. The lowest BCUT2D eigenvalue weighted by Crippen LogP contribution is -2.18. The van der Waals surface area contributed by atoms with Crippen LogP contribution in [0.25, 0.3) is 0 Å². The molecule has 0 fully saturated rings. The number of aryl methyl sites for hydroxylation is 1. The van der Waals surface area contributed by atoms with E-state index in [1.54, 1.807) is 31.4 Å². The highest BCUT2D eigenvalue weighted by Gasteiger charge is 2.12. The Bertz CT molecular complexity index is 731. The number of hydrogen-bond acceptors (Lipinski definition) is 5. The molecule has 0 aromatic heterocycles. The molecular formula is C18H20N2O4. The van der Waals surface area contributed by atoms with Gasteiger partial charge in [-0.2, -0.15) is 5.10 Å². The molecule has 2 aromatic carbocycles. The molecule has 1 N–H and O–H groups in total. The van der Waals surface area contributed by atoms with Crippen LogP contribution in [0.1, 0.15) is 21.5 Å². The Morgan fingerprint density at radius 3 is 2.21 bits per heavy atom. The second-order valence-electron chi connectivity index (χ2n) is 4.96. The first-order valence-corrected chi connectivity index (χ1v) is 7.29. The first-order valence-electron chi connectivity index (χ1n) is 7.29. The molecule has 1 amide bonds. The highest BCUT2D eigenvalue weighted by atomic mass is 16.5. The molecule has 24 heavy (non-hydrogen) atoms. The molecule has 2 rings (SSSR count). The number of carbonyl (C=O) groups is 1. The van der Waals surface area contributed by atoms with Gasteiger partial charge in [0.15, 0.2) is 0 Å². The van der Waals surface area contributed by atoms with Gasteiger partial charge in [-0.25, -0.2) is 5.43 Å². The van der Waals surface area contributed by atoms with Crippen molar-refractivity contribution in [2.24, 2.45) is 5.10 Å². The van der Waals surface area contributed by atoms with E-state index < -0.39 is 0 Å². The third-order valence-electron chi connectivity index (χ3n) is 3.50. The van der Waals surface area contributed by atoms with E-state index in [4.69, 9.17) is 14.2 Å². The molecule has 0 spiro atoms. The summed E-state index contributed by atoms with van der Waals surface area (Å²) < 4.78 is 15.8. The summed E-state index contributed by atoms with van der Waals surface area (Å²) in [7, 11) is 4.64. The van der Waals surface area contributed by atoms with Gasteiger partial charge in [0.1, 0.15) is 17.2 Å². The molecule has 0 bridgehead atoms. The molecule has 2 aromatic rings. The minimum Gasteiger partial charge on any atom is -0.496 e. The average Bonchev–Trinajstić information content (AvgIpc) is 2.61. The predicted octanol–water partition coefficient (Wildman–Crippen LogP) is 2.78. The number of benzene rings is 2. The van der Waals surface area contributed by atoms with E-state index >= 15 is 0 Å². The summed E-state index contributed by atoms with van der Waals surface area (Å²) in [6.45, 7) is 1.87. The quantitative estimate of drug-likeness (QED) is 0.654. The Morgan fingerprint density at radius 1 is 1.04 bits per heavy atom. The molecule has 6 nitrogen and oxygen atoms in total. The maximum absolute atomic E-state index is 12.2. The Hall–Kier alpha value is -3.02. The van der Waals surface area contributed by atoms with Crippen LogP contribution >= 0.6 is 0 Å². The van der Waals surface area contributed by atoms with Crippen molar-refractivity contribution in [3.63, 3.8) is 0 Å². The highest BCUT2D eigenvalue weighted by molar-refractivity contribution is 5.96. The van der Waals surface area contributed by atoms with Crippen molar-refractivity contribution >= 4 is 12.1 Å². The number of rotatable bonds is 6. The van der Waals surface area contributed by atoms with Crippen LogP contribution in [-0.4, -0.2) is 33.5 Å². The van der Waals surface area contributed by atoms with E-state index in [2.05, 4.69) is 10.5 Å². The van der Waals surface area contributed by atoms with Gasteiger partial charge >= 0.3 is 0 Å². The van der Waals surface area contributed by atoms with Gasteiger partial charge in [0, 0.05) is 17.7 Å². The lowest BCUT2D eigenvalue weighted by Gasteiger charge is -2.12. The lowest BCUT2D eigenvalue weighted by molar-refractivity contribution is 0.0954. The minimum atomic E-state index is -0.282. The number of nitrogens with one attached hydrogen (secondary N) is 1. The van der Waals surface area contributed by atoms with E-state index in [9.17, 15) is 4.79 Å². The standard InChI is InChI=1S/C18H20N2O4/c1-12-7-5-6-8-14(12)18(21)20-19-11-15-16(23-3)9-13(22-2)10-17(15)24-4/h5-11H,1-4H3,(H,20,21)/b19-11-. The van der Waals surface area contributed by atoms with Gasteiger partial charge in [0.25, 0.3) is 5.91 Å². The molecule has 0 aliphatic carbocycles. The molecule has 0 saturated heterocycles. The van der Waals surface area contributed by atoms with Crippen molar-refractivity contribution in [2.45, 2.75) is 6.92 Å².